The highest BCUT2D eigenvalue weighted by Gasteiger charge is 2.31. The summed E-state index contributed by atoms with van der Waals surface area (Å²) in [5.74, 6) is -0.559. The summed E-state index contributed by atoms with van der Waals surface area (Å²) >= 11 is 0. The van der Waals surface area contributed by atoms with Crippen molar-refractivity contribution in [3.8, 4) is 5.75 Å². The van der Waals surface area contributed by atoms with Gasteiger partial charge in [0.15, 0.2) is 0 Å². The van der Waals surface area contributed by atoms with Gasteiger partial charge < -0.3 is 4.74 Å². The van der Waals surface area contributed by atoms with Crippen LogP contribution in [0.15, 0.2) is 88.7 Å². The number of sulfonamides is 2. The van der Waals surface area contributed by atoms with E-state index < -0.39 is 32.2 Å². The van der Waals surface area contributed by atoms with Crippen molar-refractivity contribution in [2.24, 2.45) is 0 Å². The fourth-order valence-electron chi connectivity index (χ4n) is 2.79. The lowest BCUT2D eigenvalue weighted by atomic mass is 10.2. The Morgan fingerprint density at radius 2 is 1.27 bits per heavy atom. The summed E-state index contributed by atoms with van der Waals surface area (Å²) in [6.45, 7) is 0.189. The molecular weight excluding hydrogens is 481 g/mol. The smallest absolute Gasteiger partial charge is 0.406 e. The zero-order chi connectivity index (χ0) is 24.1. The highest BCUT2D eigenvalue weighted by molar-refractivity contribution is 7.92. The maximum Gasteiger partial charge on any atom is 0.573 e. The molecule has 0 aliphatic rings. The molecule has 0 atom stereocenters. The minimum absolute atomic E-state index is 0.0489. The summed E-state index contributed by atoms with van der Waals surface area (Å²) in [4.78, 5) is -0.344. The number of nitrogens with one attached hydrogen (secondary N) is 2. The van der Waals surface area contributed by atoms with Crippen LogP contribution in [0.25, 0.3) is 0 Å². The highest BCUT2D eigenvalue weighted by atomic mass is 32.2. The van der Waals surface area contributed by atoms with Gasteiger partial charge in [-0.15, -0.1) is 13.2 Å². The molecule has 7 nitrogen and oxygen atoms in total. The number of benzene rings is 3. The molecule has 33 heavy (non-hydrogen) atoms. The van der Waals surface area contributed by atoms with Crippen LogP contribution < -0.4 is 14.2 Å². The minimum Gasteiger partial charge on any atom is -0.406 e. The monoisotopic (exact) mass is 500 g/mol. The Morgan fingerprint density at radius 3 is 1.85 bits per heavy atom. The number of alkyl halides is 3. The standard InChI is InChI=1S/C21H19F3N2O5S2/c22-21(23,24)31-18-8-12-20(13-9-18)33(29,30)26-17-6-10-19(11-7-17)32(27,28)25-15-14-16-4-2-1-3-5-16/h1-13,25-26H,14-15H2. The Morgan fingerprint density at radius 1 is 0.727 bits per heavy atom. The Kier molecular flexibility index (Phi) is 7.30. The van der Waals surface area contributed by atoms with Crippen molar-refractivity contribution in [1.29, 1.82) is 0 Å². The van der Waals surface area contributed by atoms with E-state index >= 15 is 0 Å². The second-order valence-corrected chi connectivity index (χ2v) is 10.2. The summed E-state index contributed by atoms with van der Waals surface area (Å²) < 4.78 is 94.9. The SMILES string of the molecule is O=S(=O)(NCCc1ccccc1)c1ccc(NS(=O)(=O)c2ccc(OC(F)(F)F)cc2)cc1. The van der Waals surface area contributed by atoms with Crippen LogP contribution in [0.2, 0.25) is 0 Å². The second kappa shape index (κ2) is 9.81. The van der Waals surface area contributed by atoms with Gasteiger partial charge in [-0.2, -0.15) is 0 Å². The van der Waals surface area contributed by atoms with Gasteiger partial charge in [0.1, 0.15) is 5.75 Å². The molecular formula is C21H19F3N2O5S2. The molecule has 0 saturated heterocycles. The van der Waals surface area contributed by atoms with E-state index in [1.165, 1.54) is 24.3 Å². The van der Waals surface area contributed by atoms with Crippen molar-refractivity contribution in [2.45, 2.75) is 22.6 Å². The van der Waals surface area contributed by atoms with Gasteiger partial charge in [0.2, 0.25) is 10.0 Å². The van der Waals surface area contributed by atoms with E-state index in [9.17, 15) is 30.0 Å². The molecule has 0 saturated carbocycles. The third-order valence-corrected chi connectivity index (χ3v) is 7.21. The van der Waals surface area contributed by atoms with Crippen LogP contribution in [-0.4, -0.2) is 29.7 Å². The fourth-order valence-corrected chi connectivity index (χ4v) is 4.88. The van der Waals surface area contributed by atoms with Gasteiger partial charge in [0.05, 0.1) is 9.79 Å². The number of ether oxygens (including phenoxy) is 1. The van der Waals surface area contributed by atoms with Crippen LogP contribution in [-0.2, 0) is 26.5 Å². The molecule has 0 bridgehead atoms. The van der Waals surface area contributed by atoms with Crippen LogP contribution in [0.1, 0.15) is 5.56 Å². The average molecular weight is 501 g/mol. The lowest BCUT2D eigenvalue weighted by Gasteiger charge is -2.11. The summed E-state index contributed by atoms with van der Waals surface area (Å²) in [6.07, 6.45) is -4.39. The predicted octanol–water partition coefficient (Wildman–Crippen LogP) is 3.91. The molecule has 12 heteroatoms. The molecule has 0 amide bonds. The van der Waals surface area contributed by atoms with Crippen molar-refractivity contribution >= 4 is 25.7 Å². The summed E-state index contributed by atoms with van der Waals surface area (Å²) in [5, 5.41) is 0. The molecule has 0 heterocycles. The predicted molar refractivity (Wildman–Crippen MR) is 116 cm³/mol. The number of anilines is 1. The van der Waals surface area contributed by atoms with Gasteiger partial charge >= 0.3 is 6.36 Å². The first-order chi connectivity index (χ1) is 15.4. The Bertz CT molecular complexity index is 1280. The first-order valence-electron chi connectivity index (χ1n) is 9.47. The van der Waals surface area contributed by atoms with Crippen LogP contribution in [0.5, 0.6) is 5.75 Å². The largest absolute Gasteiger partial charge is 0.573 e. The van der Waals surface area contributed by atoms with E-state index in [0.717, 1.165) is 29.8 Å². The third-order valence-electron chi connectivity index (χ3n) is 4.33. The van der Waals surface area contributed by atoms with Crippen LogP contribution in [0, 0.1) is 0 Å². The lowest BCUT2D eigenvalue weighted by molar-refractivity contribution is -0.274. The maximum atomic E-state index is 12.5. The number of hydrogen-bond acceptors (Lipinski definition) is 5. The summed E-state index contributed by atoms with van der Waals surface area (Å²) in [5.41, 5.74) is 1.05. The van der Waals surface area contributed by atoms with E-state index in [-0.39, 0.29) is 22.0 Å². The molecule has 0 unspecified atom stereocenters. The van der Waals surface area contributed by atoms with Crippen molar-refractivity contribution in [3.63, 3.8) is 0 Å². The Labute approximate surface area is 189 Å². The Balaban J connectivity index is 1.63. The molecule has 3 rings (SSSR count). The van der Waals surface area contributed by atoms with Gasteiger partial charge in [0.25, 0.3) is 10.0 Å². The zero-order valence-corrected chi connectivity index (χ0v) is 18.5. The van der Waals surface area contributed by atoms with Gasteiger partial charge in [-0.3, -0.25) is 4.72 Å². The summed E-state index contributed by atoms with van der Waals surface area (Å²) in [6, 6.07) is 18.0. The Hall–Kier alpha value is -3.09. The molecule has 2 N–H and O–H groups in total. The quantitative estimate of drug-likeness (QED) is 0.464. The number of hydrogen-bond donors (Lipinski definition) is 2. The molecule has 3 aromatic carbocycles. The van der Waals surface area contributed by atoms with Crippen LogP contribution in [0.3, 0.4) is 0 Å². The summed E-state index contributed by atoms with van der Waals surface area (Å²) in [7, 11) is -7.91. The molecule has 176 valence electrons. The van der Waals surface area contributed by atoms with Gasteiger partial charge in [-0.25, -0.2) is 21.6 Å². The first kappa shape index (κ1) is 24.6. The molecule has 0 spiro atoms. The molecule has 0 fully saturated rings. The van der Waals surface area contributed by atoms with Gasteiger partial charge in [-0.1, -0.05) is 30.3 Å². The molecule has 0 radical (unpaired) electrons. The van der Waals surface area contributed by atoms with Crippen molar-refractivity contribution in [2.75, 3.05) is 11.3 Å². The first-order valence-corrected chi connectivity index (χ1v) is 12.4. The fraction of sp³-hybridized carbons (Fsp3) is 0.143. The molecule has 3 aromatic rings. The average Bonchev–Trinajstić information content (AvgIpc) is 2.74. The molecule has 0 aromatic heterocycles. The van der Waals surface area contributed by atoms with Crippen molar-refractivity contribution < 1.29 is 34.7 Å². The number of rotatable bonds is 9. The lowest BCUT2D eigenvalue weighted by Crippen LogP contribution is -2.26. The van der Waals surface area contributed by atoms with Crippen LogP contribution >= 0.6 is 0 Å². The maximum absolute atomic E-state index is 12.5. The molecule has 0 aliphatic carbocycles. The topological polar surface area (TPSA) is 102 Å². The van der Waals surface area contributed by atoms with E-state index in [4.69, 9.17) is 0 Å². The second-order valence-electron chi connectivity index (χ2n) is 6.78. The minimum atomic E-state index is -4.89. The van der Waals surface area contributed by atoms with E-state index in [1.54, 1.807) is 0 Å². The van der Waals surface area contributed by atoms with Gasteiger partial charge in [0, 0.05) is 12.2 Å². The third kappa shape index (κ3) is 7.20. The van der Waals surface area contributed by atoms with Crippen molar-refractivity contribution in [3.05, 3.63) is 84.4 Å². The van der Waals surface area contributed by atoms with Gasteiger partial charge in [-0.05, 0) is 60.5 Å². The van der Waals surface area contributed by atoms with Crippen LogP contribution in [0.4, 0.5) is 18.9 Å². The highest BCUT2D eigenvalue weighted by Crippen LogP contribution is 2.25. The van der Waals surface area contributed by atoms with E-state index in [2.05, 4.69) is 14.2 Å². The zero-order valence-electron chi connectivity index (χ0n) is 16.9. The van der Waals surface area contributed by atoms with E-state index in [1.807, 2.05) is 30.3 Å². The van der Waals surface area contributed by atoms with E-state index in [0.29, 0.717) is 6.42 Å². The molecule has 0 aliphatic heterocycles. The number of halogens is 3. The van der Waals surface area contributed by atoms with Crippen molar-refractivity contribution in [1.82, 2.24) is 4.72 Å². The normalized spacial score (nSPS) is 12.3.